The molecule has 1 aliphatic carbocycles. The molecule has 5 rings (SSSR count). The van der Waals surface area contributed by atoms with Crippen LogP contribution in [0, 0.1) is 18.8 Å². The maximum absolute atomic E-state index is 10.6. The van der Waals surface area contributed by atoms with Crippen LogP contribution in [0.25, 0.3) is 0 Å². The normalized spacial score (nSPS) is 29.7. The number of aryl methyl sites for hydroxylation is 1. The highest BCUT2D eigenvalue weighted by Crippen LogP contribution is 2.41. The highest BCUT2D eigenvalue weighted by atomic mass is 16.7. The number of aromatic nitrogens is 2. The summed E-state index contributed by atoms with van der Waals surface area (Å²) in [4.78, 5) is 2.12. The van der Waals surface area contributed by atoms with Gasteiger partial charge in [0.1, 0.15) is 11.9 Å². The summed E-state index contributed by atoms with van der Waals surface area (Å²) in [6, 6.07) is 6.09. The Hall–Kier alpha value is -2.48. The maximum atomic E-state index is 10.6. The second-order valence-electron chi connectivity index (χ2n) is 7.24. The first-order valence-electron chi connectivity index (χ1n) is 8.95. The average molecular weight is 359 g/mol. The lowest BCUT2D eigenvalue weighted by Crippen LogP contribution is -2.42. The second-order valence-corrected chi connectivity index (χ2v) is 7.24. The Kier molecular flexibility index (Phi) is 3.66. The lowest BCUT2D eigenvalue weighted by atomic mass is 9.78. The molecule has 4 atom stereocenters. The van der Waals surface area contributed by atoms with Gasteiger partial charge in [0.05, 0.1) is 6.10 Å². The molecule has 138 valence electrons. The minimum atomic E-state index is -0.494. The molecule has 1 saturated heterocycles. The Balaban J connectivity index is 1.27. The van der Waals surface area contributed by atoms with Crippen molar-refractivity contribution >= 4 is 6.01 Å². The van der Waals surface area contributed by atoms with Gasteiger partial charge in [-0.15, -0.1) is 5.10 Å². The standard InChI is InChI=1S/C18H21N3O5/c1-10-19-20-18(25-10)21-7-11-4-14(22)16(5-12(11)8-21)26-13-2-3-15-17(6-13)24-9-23-15/h2-3,6,11-12,14,16,22H,4-5,7-9H2,1H3/t11-,12+,14+,16+/m0/s1. The summed E-state index contributed by atoms with van der Waals surface area (Å²) in [7, 11) is 0. The smallest absolute Gasteiger partial charge is 0.318 e. The fraction of sp³-hybridized carbons (Fsp3) is 0.556. The SMILES string of the molecule is Cc1nnc(N2C[C@H]3C[C@@H](Oc4ccc5c(c4)OCO5)[C@H](O)C[C@H]3C2)o1. The van der Waals surface area contributed by atoms with Crippen LogP contribution in [0.2, 0.25) is 0 Å². The number of anilines is 1. The minimum absolute atomic E-state index is 0.235. The van der Waals surface area contributed by atoms with Gasteiger partial charge in [-0.05, 0) is 36.8 Å². The fourth-order valence-corrected chi connectivity index (χ4v) is 4.21. The first kappa shape index (κ1) is 15.7. The molecule has 26 heavy (non-hydrogen) atoms. The number of rotatable bonds is 3. The van der Waals surface area contributed by atoms with E-state index in [9.17, 15) is 5.11 Å². The van der Waals surface area contributed by atoms with Crippen LogP contribution in [0.15, 0.2) is 22.6 Å². The molecule has 3 aliphatic rings. The molecule has 1 aromatic heterocycles. The Morgan fingerprint density at radius 2 is 1.92 bits per heavy atom. The van der Waals surface area contributed by atoms with Crippen molar-refractivity contribution in [2.75, 3.05) is 24.8 Å². The number of fused-ring (bicyclic) bond motifs is 2. The van der Waals surface area contributed by atoms with Gasteiger partial charge in [0, 0.05) is 26.1 Å². The summed E-state index contributed by atoms with van der Waals surface area (Å²) in [5, 5.41) is 18.6. The second kappa shape index (κ2) is 6.05. The molecule has 8 heteroatoms. The largest absolute Gasteiger partial charge is 0.488 e. The van der Waals surface area contributed by atoms with Gasteiger partial charge in [-0.2, -0.15) is 0 Å². The van der Waals surface area contributed by atoms with Crippen molar-refractivity contribution in [3.63, 3.8) is 0 Å². The monoisotopic (exact) mass is 359 g/mol. The third-order valence-electron chi connectivity index (χ3n) is 5.50. The first-order valence-corrected chi connectivity index (χ1v) is 8.95. The summed E-state index contributed by atoms with van der Waals surface area (Å²) >= 11 is 0. The van der Waals surface area contributed by atoms with Gasteiger partial charge < -0.3 is 28.6 Å². The van der Waals surface area contributed by atoms with Crippen LogP contribution in [0.3, 0.4) is 0 Å². The highest BCUT2D eigenvalue weighted by Gasteiger charge is 2.43. The predicted molar refractivity (Wildman–Crippen MR) is 90.4 cm³/mol. The molecule has 0 bridgehead atoms. The Morgan fingerprint density at radius 3 is 2.73 bits per heavy atom. The number of aliphatic hydroxyl groups is 1. The number of aliphatic hydroxyl groups excluding tert-OH is 1. The van der Waals surface area contributed by atoms with Gasteiger partial charge in [0.2, 0.25) is 12.7 Å². The lowest BCUT2D eigenvalue weighted by molar-refractivity contribution is -0.0232. The lowest BCUT2D eigenvalue weighted by Gasteiger charge is -2.35. The number of ether oxygens (including phenoxy) is 3. The molecule has 2 aromatic rings. The molecule has 1 N–H and O–H groups in total. The van der Waals surface area contributed by atoms with Gasteiger partial charge in [-0.1, -0.05) is 5.10 Å². The average Bonchev–Trinajstić information content (AvgIpc) is 3.33. The van der Waals surface area contributed by atoms with Crippen molar-refractivity contribution < 1.29 is 23.7 Å². The summed E-state index contributed by atoms with van der Waals surface area (Å²) in [6.45, 7) is 3.71. The molecular formula is C18H21N3O5. The molecule has 1 aromatic carbocycles. The number of hydrogen-bond acceptors (Lipinski definition) is 8. The van der Waals surface area contributed by atoms with Crippen LogP contribution >= 0.6 is 0 Å². The molecule has 3 heterocycles. The molecule has 0 amide bonds. The highest BCUT2D eigenvalue weighted by molar-refractivity contribution is 5.47. The summed E-state index contributed by atoms with van der Waals surface area (Å²) < 4.78 is 22.4. The van der Waals surface area contributed by atoms with Crippen LogP contribution in [-0.4, -0.2) is 47.4 Å². The van der Waals surface area contributed by atoms with Crippen LogP contribution in [0.4, 0.5) is 6.01 Å². The molecule has 2 aliphatic heterocycles. The van der Waals surface area contributed by atoms with Crippen molar-refractivity contribution in [2.45, 2.75) is 32.0 Å². The fourth-order valence-electron chi connectivity index (χ4n) is 4.21. The van der Waals surface area contributed by atoms with E-state index in [0.717, 1.165) is 25.3 Å². The van der Waals surface area contributed by atoms with Crippen LogP contribution in [-0.2, 0) is 0 Å². The summed E-state index contributed by atoms with van der Waals surface area (Å²) in [5.41, 5.74) is 0. The van der Waals surface area contributed by atoms with Crippen molar-refractivity contribution in [3.05, 3.63) is 24.1 Å². The van der Waals surface area contributed by atoms with Gasteiger partial charge >= 0.3 is 6.01 Å². The van der Waals surface area contributed by atoms with Gasteiger partial charge in [0.25, 0.3) is 0 Å². The quantitative estimate of drug-likeness (QED) is 0.887. The van der Waals surface area contributed by atoms with Crippen molar-refractivity contribution in [3.8, 4) is 17.2 Å². The van der Waals surface area contributed by atoms with E-state index in [-0.39, 0.29) is 12.9 Å². The molecule has 0 unspecified atom stereocenters. The van der Waals surface area contributed by atoms with E-state index < -0.39 is 6.10 Å². The molecule has 2 fully saturated rings. The Morgan fingerprint density at radius 1 is 1.12 bits per heavy atom. The van der Waals surface area contributed by atoms with Gasteiger partial charge in [-0.25, -0.2) is 0 Å². The van der Waals surface area contributed by atoms with Crippen molar-refractivity contribution in [1.29, 1.82) is 0 Å². The zero-order valence-corrected chi connectivity index (χ0v) is 14.5. The minimum Gasteiger partial charge on any atom is -0.488 e. The topological polar surface area (TPSA) is 90.1 Å². The molecule has 1 saturated carbocycles. The Labute approximate surface area is 150 Å². The van der Waals surface area contributed by atoms with Crippen LogP contribution < -0.4 is 19.1 Å². The van der Waals surface area contributed by atoms with E-state index in [1.165, 1.54) is 0 Å². The third-order valence-corrected chi connectivity index (χ3v) is 5.50. The first-order chi connectivity index (χ1) is 12.7. The number of benzene rings is 1. The van der Waals surface area contributed by atoms with Gasteiger partial charge in [0.15, 0.2) is 11.5 Å². The van der Waals surface area contributed by atoms with Crippen molar-refractivity contribution in [1.82, 2.24) is 10.2 Å². The third kappa shape index (κ3) is 2.74. The number of hydrogen-bond donors (Lipinski definition) is 1. The van der Waals surface area contributed by atoms with E-state index in [1.807, 2.05) is 18.2 Å². The summed E-state index contributed by atoms with van der Waals surface area (Å²) in [6.07, 6.45) is 0.778. The van der Waals surface area contributed by atoms with Crippen LogP contribution in [0.1, 0.15) is 18.7 Å². The molecule has 0 spiro atoms. The predicted octanol–water partition coefficient (Wildman–Crippen LogP) is 1.76. The summed E-state index contributed by atoms with van der Waals surface area (Å²) in [5.74, 6) is 3.52. The number of nitrogens with zero attached hydrogens (tertiary/aromatic N) is 3. The van der Waals surface area contributed by atoms with E-state index in [2.05, 4.69) is 15.1 Å². The van der Waals surface area contributed by atoms with Crippen molar-refractivity contribution in [2.24, 2.45) is 11.8 Å². The zero-order valence-electron chi connectivity index (χ0n) is 14.5. The Bertz CT molecular complexity index is 810. The molecule has 8 nitrogen and oxygen atoms in total. The van der Waals surface area contributed by atoms with E-state index >= 15 is 0 Å². The zero-order chi connectivity index (χ0) is 17.7. The van der Waals surface area contributed by atoms with Crippen LogP contribution in [0.5, 0.6) is 17.2 Å². The maximum Gasteiger partial charge on any atom is 0.318 e. The van der Waals surface area contributed by atoms with E-state index in [1.54, 1.807) is 6.92 Å². The van der Waals surface area contributed by atoms with E-state index in [4.69, 9.17) is 18.6 Å². The van der Waals surface area contributed by atoms with E-state index in [0.29, 0.717) is 41.7 Å². The van der Waals surface area contributed by atoms with Gasteiger partial charge in [-0.3, -0.25) is 0 Å². The molecule has 0 radical (unpaired) electrons. The molecular weight excluding hydrogens is 338 g/mol.